The molecule has 0 saturated carbocycles. The second-order valence-corrected chi connectivity index (χ2v) is 2.45. The van der Waals surface area contributed by atoms with Crippen molar-refractivity contribution in [3.05, 3.63) is 28.8 Å². The summed E-state index contributed by atoms with van der Waals surface area (Å²) in [6.45, 7) is 1.93. The van der Waals surface area contributed by atoms with Crippen molar-refractivity contribution >= 4 is 11.6 Å². The molecule has 0 atom stereocenters. The lowest BCUT2D eigenvalue weighted by atomic mass is 10.2. The van der Waals surface area contributed by atoms with Crippen LogP contribution in [0.2, 0.25) is 5.02 Å². The zero-order chi connectivity index (χ0) is 7.56. The molecule has 0 unspecified atom stereocenters. The van der Waals surface area contributed by atoms with Crippen LogP contribution in [-0.2, 0) is 0 Å². The third-order valence-corrected chi connectivity index (χ3v) is 1.50. The summed E-state index contributed by atoms with van der Waals surface area (Å²) in [5, 5.41) is 0.655. The monoisotopic (exact) mass is 155 g/mol. The number of methoxy groups -OCH3 is 1. The molecule has 0 aliphatic rings. The second-order valence-electron chi connectivity index (χ2n) is 2.01. The molecule has 1 aromatic carbocycles. The first kappa shape index (κ1) is 7.42. The van der Waals surface area contributed by atoms with Gasteiger partial charge in [0.05, 0.1) is 7.11 Å². The van der Waals surface area contributed by atoms with Gasteiger partial charge in [-0.05, 0) is 30.7 Å². The quantitative estimate of drug-likeness (QED) is 0.606. The molecule has 0 aliphatic heterocycles. The first-order valence-electron chi connectivity index (χ1n) is 2.96. The van der Waals surface area contributed by atoms with Crippen LogP contribution in [0.1, 0.15) is 5.56 Å². The first-order valence-corrected chi connectivity index (χ1v) is 3.33. The zero-order valence-corrected chi connectivity index (χ0v) is 6.70. The third kappa shape index (κ3) is 1.42. The van der Waals surface area contributed by atoms with E-state index in [0.717, 1.165) is 11.3 Å². The van der Waals surface area contributed by atoms with Crippen molar-refractivity contribution in [3.63, 3.8) is 0 Å². The summed E-state index contributed by atoms with van der Waals surface area (Å²) in [4.78, 5) is 0. The minimum atomic E-state index is 0.655. The first-order chi connectivity index (χ1) is 4.74. The second kappa shape index (κ2) is 2.93. The van der Waals surface area contributed by atoms with Gasteiger partial charge >= 0.3 is 0 Å². The zero-order valence-electron chi connectivity index (χ0n) is 5.94. The molecule has 10 heavy (non-hydrogen) atoms. The number of rotatable bonds is 1. The maximum atomic E-state index is 5.68. The molecular formula is C8H8ClO. The van der Waals surface area contributed by atoms with Crippen molar-refractivity contribution < 1.29 is 4.74 Å². The van der Waals surface area contributed by atoms with Gasteiger partial charge in [-0.25, -0.2) is 0 Å². The van der Waals surface area contributed by atoms with E-state index in [1.807, 2.05) is 6.92 Å². The predicted octanol–water partition coefficient (Wildman–Crippen LogP) is 2.46. The van der Waals surface area contributed by atoms with E-state index in [1.165, 1.54) is 0 Å². The number of hydrogen-bond acceptors (Lipinski definition) is 1. The van der Waals surface area contributed by atoms with Crippen molar-refractivity contribution in [2.45, 2.75) is 6.92 Å². The molecule has 0 saturated heterocycles. The van der Waals surface area contributed by atoms with Crippen LogP contribution < -0.4 is 4.74 Å². The Kier molecular flexibility index (Phi) is 2.17. The Bertz CT molecular complexity index is 233. The van der Waals surface area contributed by atoms with E-state index >= 15 is 0 Å². The summed E-state index contributed by atoms with van der Waals surface area (Å²) >= 11 is 5.68. The molecule has 2 heteroatoms. The molecule has 1 rings (SSSR count). The van der Waals surface area contributed by atoms with Crippen molar-refractivity contribution in [1.82, 2.24) is 0 Å². The van der Waals surface area contributed by atoms with Gasteiger partial charge in [0.2, 0.25) is 0 Å². The number of benzene rings is 1. The minimum absolute atomic E-state index is 0.655. The maximum Gasteiger partial charge on any atom is 0.123 e. The summed E-state index contributed by atoms with van der Waals surface area (Å²) in [6, 6.07) is 6.45. The molecule has 1 radical (unpaired) electrons. The minimum Gasteiger partial charge on any atom is -0.496 e. The van der Waals surface area contributed by atoms with Crippen molar-refractivity contribution in [1.29, 1.82) is 0 Å². The average molecular weight is 156 g/mol. The van der Waals surface area contributed by atoms with Crippen LogP contribution in [-0.4, -0.2) is 7.11 Å². The molecule has 0 amide bonds. The SMILES string of the molecule is COc1cc(Cl)c[c]c1C. The van der Waals surface area contributed by atoms with Gasteiger partial charge in [-0.3, -0.25) is 0 Å². The topological polar surface area (TPSA) is 9.23 Å². The highest BCUT2D eigenvalue weighted by Crippen LogP contribution is 2.20. The molecule has 0 spiro atoms. The molecule has 0 aliphatic carbocycles. The fourth-order valence-electron chi connectivity index (χ4n) is 0.736. The van der Waals surface area contributed by atoms with Gasteiger partial charge in [-0.1, -0.05) is 11.6 Å². The van der Waals surface area contributed by atoms with Gasteiger partial charge in [0.1, 0.15) is 5.75 Å². The Hall–Kier alpha value is -0.690. The molecule has 0 N–H and O–H groups in total. The van der Waals surface area contributed by atoms with Crippen LogP contribution in [0.4, 0.5) is 0 Å². The van der Waals surface area contributed by atoms with Gasteiger partial charge in [0.25, 0.3) is 0 Å². The Morgan fingerprint density at radius 2 is 2.30 bits per heavy atom. The number of hydrogen-bond donors (Lipinski definition) is 0. The number of halogens is 1. The molecule has 0 aromatic heterocycles. The summed E-state index contributed by atoms with van der Waals surface area (Å²) in [6.07, 6.45) is 0. The highest BCUT2D eigenvalue weighted by atomic mass is 35.5. The van der Waals surface area contributed by atoms with E-state index < -0.39 is 0 Å². The molecular weight excluding hydrogens is 148 g/mol. The molecule has 0 bridgehead atoms. The lowest BCUT2D eigenvalue weighted by molar-refractivity contribution is 0.411. The van der Waals surface area contributed by atoms with Crippen LogP contribution in [0, 0.1) is 13.0 Å². The van der Waals surface area contributed by atoms with E-state index in [2.05, 4.69) is 6.07 Å². The highest BCUT2D eigenvalue weighted by Gasteiger charge is 1.96. The van der Waals surface area contributed by atoms with E-state index in [1.54, 1.807) is 19.2 Å². The van der Waals surface area contributed by atoms with Crippen molar-refractivity contribution in [3.8, 4) is 5.75 Å². The van der Waals surface area contributed by atoms with Crippen molar-refractivity contribution in [2.75, 3.05) is 7.11 Å². The van der Waals surface area contributed by atoms with Crippen molar-refractivity contribution in [2.24, 2.45) is 0 Å². The highest BCUT2D eigenvalue weighted by molar-refractivity contribution is 6.30. The largest absolute Gasteiger partial charge is 0.496 e. The lowest BCUT2D eigenvalue weighted by Crippen LogP contribution is -1.85. The summed E-state index contributed by atoms with van der Waals surface area (Å²) in [5.74, 6) is 0.785. The van der Waals surface area contributed by atoms with Crippen LogP contribution in [0.25, 0.3) is 0 Å². The van der Waals surface area contributed by atoms with E-state index in [0.29, 0.717) is 5.02 Å². The molecule has 1 nitrogen and oxygen atoms in total. The number of aryl methyl sites for hydroxylation is 1. The van der Waals surface area contributed by atoms with Crippen LogP contribution in [0.15, 0.2) is 12.1 Å². The summed E-state index contributed by atoms with van der Waals surface area (Å²) < 4.78 is 5.01. The van der Waals surface area contributed by atoms with Gasteiger partial charge in [-0.15, -0.1) is 0 Å². The fraction of sp³-hybridized carbons (Fsp3) is 0.250. The predicted molar refractivity (Wildman–Crippen MR) is 41.6 cm³/mol. The Labute approximate surface area is 65.6 Å². The Morgan fingerprint density at radius 1 is 1.60 bits per heavy atom. The number of ether oxygens (including phenoxy) is 1. The fourth-order valence-corrected chi connectivity index (χ4v) is 0.889. The molecule has 0 heterocycles. The van der Waals surface area contributed by atoms with E-state index in [-0.39, 0.29) is 0 Å². The van der Waals surface area contributed by atoms with Gasteiger partial charge in [0.15, 0.2) is 0 Å². The molecule has 53 valence electrons. The summed E-state index contributed by atoms with van der Waals surface area (Å²) in [5.41, 5.74) is 0.979. The van der Waals surface area contributed by atoms with E-state index in [9.17, 15) is 0 Å². The van der Waals surface area contributed by atoms with Gasteiger partial charge in [-0.2, -0.15) is 0 Å². The maximum absolute atomic E-state index is 5.68. The van der Waals surface area contributed by atoms with Gasteiger partial charge < -0.3 is 4.74 Å². The van der Waals surface area contributed by atoms with Crippen LogP contribution >= 0.6 is 11.6 Å². The van der Waals surface area contributed by atoms with Crippen LogP contribution in [0.5, 0.6) is 5.75 Å². The standard InChI is InChI=1S/C8H8ClO/c1-6-3-4-7(9)5-8(6)10-2/h4-5H,1-2H3. The smallest absolute Gasteiger partial charge is 0.123 e. The van der Waals surface area contributed by atoms with E-state index in [4.69, 9.17) is 16.3 Å². The Balaban J connectivity index is 3.09. The van der Waals surface area contributed by atoms with Crippen LogP contribution in [0.3, 0.4) is 0 Å². The van der Waals surface area contributed by atoms with Gasteiger partial charge in [0, 0.05) is 5.02 Å². The lowest BCUT2D eigenvalue weighted by Gasteiger charge is -2.02. The Morgan fingerprint density at radius 3 is 2.80 bits per heavy atom. The third-order valence-electron chi connectivity index (χ3n) is 1.29. The normalized spacial score (nSPS) is 9.50. The molecule has 1 aromatic rings. The average Bonchev–Trinajstić information content (AvgIpc) is 1.94. The molecule has 0 fully saturated rings. The summed E-state index contributed by atoms with van der Waals surface area (Å²) in [7, 11) is 1.62.